The summed E-state index contributed by atoms with van der Waals surface area (Å²) in [6, 6.07) is 14.0. The monoisotopic (exact) mass is 381 g/mol. The van der Waals surface area contributed by atoms with E-state index in [-0.39, 0.29) is 0 Å². The number of methoxy groups -OCH3 is 1. The lowest BCUT2D eigenvalue weighted by atomic mass is 10.1. The fraction of sp³-hybridized carbons (Fsp3) is 0.350. The third-order valence-corrected chi connectivity index (χ3v) is 5.62. The molecule has 0 atom stereocenters. The Morgan fingerprint density at radius 1 is 1.00 bits per heavy atom. The second-order valence-electron chi connectivity index (χ2n) is 6.45. The van der Waals surface area contributed by atoms with Crippen molar-refractivity contribution in [3.63, 3.8) is 0 Å². The van der Waals surface area contributed by atoms with E-state index < -0.39 is 0 Å². The molecule has 0 unspecified atom stereocenters. The number of ether oxygens (including phenoxy) is 1. The van der Waals surface area contributed by atoms with Crippen molar-refractivity contribution in [2.45, 2.75) is 30.2 Å². The summed E-state index contributed by atoms with van der Waals surface area (Å²) in [5.41, 5.74) is 1.99. The summed E-state index contributed by atoms with van der Waals surface area (Å²) in [4.78, 5) is 6.74. The maximum Gasteiger partial charge on any atom is 0.232 e. The van der Waals surface area contributed by atoms with Gasteiger partial charge in [-0.15, -0.1) is 10.2 Å². The molecule has 1 aromatic carbocycles. The van der Waals surface area contributed by atoms with E-state index in [0.29, 0.717) is 0 Å². The highest BCUT2D eigenvalue weighted by Gasteiger charge is 2.23. The van der Waals surface area contributed by atoms with Crippen LogP contribution < -0.4 is 9.64 Å². The van der Waals surface area contributed by atoms with Gasteiger partial charge in [0.25, 0.3) is 0 Å². The van der Waals surface area contributed by atoms with Crippen LogP contribution in [0.1, 0.15) is 25.0 Å². The van der Waals surface area contributed by atoms with Crippen molar-refractivity contribution in [3.05, 3.63) is 54.4 Å². The van der Waals surface area contributed by atoms with Gasteiger partial charge in [0.2, 0.25) is 5.95 Å². The fourth-order valence-electron chi connectivity index (χ4n) is 3.30. The Balaban J connectivity index is 1.71. The summed E-state index contributed by atoms with van der Waals surface area (Å²) in [6.07, 6.45) is 5.48. The minimum atomic E-state index is 0.744. The van der Waals surface area contributed by atoms with Crippen molar-refractivity contribution in [2.24, 2.45) is 0 Å². The van der Waals surface area contributed by atoms with Crippen LogP contribution in [0.2, 0.25) is 0 Å². The Labute approximate surface area is 163 Å². The number of anilines is 1. The predicted octanol–water partition coefficient (Wildman–Crippen LogP) is 3.95. The number of benzene rings is 1. The van der Waals surface area contributed by atoms with Crippen molar-refractivity contribution in [2.75, 3.05) is 25.1 Å². The van der Waals surface area contributed by atoms with Crippen LogP contribution in [0.25, 0.3) is 5.69 Å². The van der Waals surface area contributed by atoms with Crippen molar-refractivity contribution in [3.8, 4) is 11.4 Å². The van der Waals surface area contributed by atoms with Crippen LogP contribution in [-0.2, 0) is 5.75 Å². The number of thioether (sulfide) groups is 1. The molecule has 27 heavy (non-hydrogen) atoms. The first-order valence-corrected chi connectivity index (χ1v) is 10.2. The molecular weight excluding hydrogens is 358 g/mol. The molecule has 3 aromatic rings. The van der Waals surface area contributed by atoms with Gasteiger partial charge in [0, 0.05) is 25.0 Å². The molecule has 0 saturated carbocycles. The van der Waals surface area contributed by atoms with Crippen molar-refractivity contribution >= 4 is 17.7 Å². The van der Waals surface area contributed by atoms with E-state index in [1.807, 2.05) is 42.6 Å². The summed E-state index contributed by atoms with van der Waals surface area (Å²) >= 11 is 1.64. The van der Waals surface area contributed by atoms with E-state index in [9.17, 15) is 0 Å². The van der Waals surface area contributed by atoms with Gasteiger partial charge >= 0.3 is 0 Å². The first kappa shape index (κ1) is 17.9. The molecule has 2 aromatic heterocycles. The molecule has 4 rings (SSSR count). The second-order valence-corrected chi connectivity index (χ2v) is 7.39. The van der Waals surface area contributed by atoms with E-state index in [4.69, 9.17) is 4.74 Å². The van der Waals surface area contributed by atoms with Gasteiger partial charge in [-0.25, -0.2) is 0 Å². The minimum Gasteiger partial charge on any atom is -0.495 e. The number of rotatable bonds is 6. The van der Waals surface area contributed by atoms with E-state index in [2.05, 4.69) is 30.7 Å². The predicted molar refractivity (Wildman–Crippen MR) is 108 cm³/mol. The molecule has 0 N–H and O–H groups in total. The summed E-state index contributed by atoms with van der Waals surface area (Å²) in [7, 11) is 1.70. The zero-order valence-corrected chi connectivity index (χ0v) is 16.2. The third kappa shape index (κ3) is 3.93. The summed E-state index contributed by atoms with van der Waals surface area (Å²) in [5.74, 6) is 2.45. The quantitative estimate of drug-likeness (QED) is 0.603. The van der Waals surface area contributed by atoms with Crippen LogP contribution in [0.3, 0.4) is 0 Å². The Hall–Kier alpha value is -2.54. The van der Waals surface area contributed by atoms with Crippen molar-refractivity contribution in [1.29, 1.82) is 0 Å². The van der Waals surface area contributed by atoms with Gasteiger partial charge in [0.1, 0.15) is 5.75 Å². The van der Waals surface area contributed by atoms with Crippen LogP contribution in [-0.4, -0.2) is 39.9 Å². The smallest absolute Gasteiger partial charge is 0.232 e. The largest absolute Gasteiger partial charge is 0.495 e. The van der Waals surface area contributed by atoms with E-state index in [0.717, 1.165) is 47.1 Å². The summed E-state index contributed by atoms with van der Waals surface area (Å²) in [5, 5.41) is 9.91. The number of hydrogen-bond donors (Lipinski definition) is 0. The van der Waals surface area contributed by atoms with Gasteiger partial charge in [-0.05, 0) is 43.5 Å². The molecule has 7 heteroatoms. The molecule has 0 amide bonds. The molecule has 1 aliphatic rings. The lowest BCUT2D eigenvalue weighted by Crippen LogP contribution is -2.31. The first-order valence-electron chi connectivity index (χ1n) is 9.23. The molecule has 0 spiro atoms. The van der Waals surface area contributed by atoms with Gasteiger partial charge in [-0.3, -0.25) is 9.55 Å². The molecule has 140 valence electrons. The second kappa shape index (κ2) is 8.43. The van der Waals surface area contributed by atoms with Crippen LogP contribution >= 0.6 is 11.8 Å². The number of para-hydroxylation sites is 2. The molecule has 1 aliphatic heterocycles. The molecule has 0 bridgehead atoms. The van der Waals surface area contributed by atoms with Crippen molar-refractivity contribution in [1.82, 2.24) is 19.7 Å². The Morgan fingerprint density at radius 3 is 2.59 bits per heavy atom. The molecule has 1 fully saturated rings. The fourth-order valence-corrected chi connectivity index (χ4v) is 4.16. The molecule has 6 nitrogen and oxygen atoms in total. The average molecular weight is 382 g/mol. The highest BCUT2D eigenvalue weighted by molar-refractivity contribution is 7.98. The topological polar surface area (TPSA) is 56.1 Å². The first-order chi connectivity index (χ1) is 13.4. The van der Waals surface area contributed by atoms with Gasteiger partial charge < -0.3 is 9.64 Å². The molecule has 0 radical (unpaired) electrons. The van der Waals surface area contributed by atoms with Crippen LogP contribution in [0.15, 0.2) is 53.8 Å². The zero-order valence-electron chi connectivity index (χ0n) is 15.4. The van der Waals surface area contributed by atoms with Crippen LogP contribution in [0.5, 0.6) is 5.75 Å². The van der Waals surface area contributed by atoms with Gasteiger partial charge in [0.15, 0.2) is 5.16 Å². The highest BCUT2D eigenvalue weighted by Crippen LogP contribution is 2.33. The number of piperidine rings is 1. The molecular formula is C20H23N5OS. The summed E-state index contributed by atoms with van der Waals surface area (Å²) < 4.78 is 7.74. The minimum absolute atomic E-state index is 0.744. The standard InChI is InChI=1S/C20H23N5OS/c1-26-18-11-4-3-10-17(18)25-19(24-13-7-2-8-14-24)22-23-20(25)27-15-16-9-5-6-12-21-16/h3-6,9-12H,2,7-8,13-15H2,1H3. The average Bonchev–Trinajstić information content (AvgIpc) is 3.17. The Kier molecular flexibility index (Phi) is 5.58. The van der Waals surface area contributed by atoms with Gasteiger partial charge in [-0.2, -0.15) is 0 Å². The third-order valence-electron chi connectivity index (χ3n) is 4.66. The number of nitrogens with zero attached hydrogens (tertiary/aromatic N) is 5. The Bertz CT molecular complexity index is 877. The van der Waals surface area contributed by atoms with Crippen LogP contribution in [0.4, 0.5) is 5.95 Å². The number of hydrogen-bond acceptors (Lipinski definition) is 6. The van der Waals surface area contributed by atoms with E-state index in [1.165, 1.54) is 19.3 Å². The SMILES string of the molecule is COc1ccccc1-n1c(SCc2ccccn2)nnc1N1CCCCC1. The van der Waals surface area contributed by atoms with Gasteiger partial charge in [0.05, 0.1) is 18.5 Å². The Morgan fingerprint density at radius 2 is 1.81 bits per heavy atom. The summed E-state index contributed by atoms with van der Waals surface area (Å²) in [6.45, 7) is 2.02. The number of pyridine rings is 1. The highest BCUT2D eigenvalue weighted by atomic mass is 32.2. The number of aromatic nitrogens is 4. The lowest BCUT2D eigenvalue weighted by Gasteiger charge is -2.28. The molecule has 0 aliphatic carbocycles. The van der Waals surface area contributed by atoms with Gasteiger partial charge in [-0.1, -0.05) is 30.0 Å². The normalized spacial score (nSPS) is 14.3. The van der Waals surface area contributed by atoms with E-state index >= 15 is 0 Å². The molecule has 3 heterocycles. The van der Waals surface area contributed by atoms with Crippen LogP contribution in [0, 0.1) is 0 Å². The van der Waals surface area contributed by atoms with E-state index in [1.54, 1.807) is 18.9 Å². The van der Waals surface area contributed by atoms with Crippen molar-refractivity contribution < 1.29 is 4.74 Å². The molecule has 1 saturated heterocycles. The lowest BCUT2D eigenvalue weighted by molar-refractivity contribution is 0.412. The maximum absolute atomic E-state index is 5.61. The zero-order chi connectivity index (χ0) is 18.5. The maximum atomic E-state index is 5.61.